The van der Waals surface area contributed by atoms with Gasteiger partial charge in [-0.15, -0.1) is 0 Å². The monoisotopic (exact) mass is 151 g/mol. The van der Waals surface area contributed by atoms with Crippen LogP contribution in [0.25, 0.3) is 0 Å². The van der Waals surface area contributed by atoms with Crippen LogP contribution in [0.2, 0.25) is 5.54 Å². The molecule has 0 radical (unpaired) electrons. The van der Waals surface area contributed by atoms with Gasteiger partial charge in [0, 0.05) is 12.1 Å². The Hall–Kier alpha value is 0.0569. The Kier molecular flexibility index (Phi) is 3.30. The zero-order chi connectivity index (χ0) is 7.49. The summed E-state index contributed by atoms with van der Waals surface area (Å²) in [6.45, 7) is 2.01. The standard InChI is InChI=1S/C4H13NO3Si/c1-4(3-5-2)9(6,7)8/h4-8H,3H2,1-2H3. The summed E-state index contributed by atoms with van der Waals surface area (Å²) in [5.41, 5.74) is -0.442. The molecule has 0 bridgehead atoms. The molecule has 1 atom stereocenters. The number of hydrogen-bond donors (Lipinski definition) is 4. The average molecular weight is 151 g/mol. The molecule has 5 heteroatoms. The summed E-state index contributed by atoms with van der Waals surface area (Å²) in [4.78, 5) is 25.9. The van der Waals surface area contributed by atoms with E-state index in [9.17, 15) is 0 Å². The van der Waals surface area contributed by atoms with Crippen LogP contribution in [0, 0.1) is 0 Å². The molecule has 0 heterocycles. The van der Waals surface area contributed by atoms with Gasteiger partial charge in [0.25, 0.3) is 0 Å². The SMILES string of the molecule is CNCC(C)[Si](O)(O)O. The minimum atomic E-state index is -3.84. The summed E-state index contributed by atoms with van der Waals surface area (Å²) in [6.07, 6.45) is 0. The van der Waals surface area contributed by atoms with Crippen molar-refractivity contribution in [2.24, 2.45) is 0 Å². The van der Waals surface area contributed by atoms with E-state index in [2.05, 4.69) is 5.32 Å². The highest BCUT2D eigenvalue weighted by molar-refractivity contribution is 6.57. The van der Waals surface area contributed by atoms with E-state index in [0.29, 0.717) is 6.54 Å². The second-order valence-corrected chi connectivity index (χ2v) is 4.51. The lowest BCUT2D eigenvalue weighted by molar-refractivity contribution is 0.212. The maximum absolute atomic E-state index is 8.63. The topological polar surface area (TPSA) is 72.7 Å². The van der Waals surface area contributed by atoms with E-state index in [-0.39, 0.29) is 0 Å². The van der Waals surface area contributed by atoms with E-state index in [1.54, 1.807) is 14.0 Å². The summed E-state index contributed by atoms with van der Waals surface area (Å²) >= 11 is 0. The molecule has 9 heavy (non-hydrogen) atoms. The fraction of sp³-hybridized carbons (Fsp3) is 1.00. The van der Waals surface area contributed by atoms with Gasteiger partial charge in [0.05, 0.1) is 0 Å². The second-order valence-electron chi connectivity index (χ2n) is 2.15. The zero-order valence-corrected chi connectivity index (χ0v) is 6.63. The first kappa shape index (κ1) is 9.06. The lowest BCUT2D eigenvalue weighted by Crippen LogP contribution is -2.43. The molecule has 4 nitrogen and oxygen atoms in total. The van der Waals surface area contributed by atoms with Crippen LogP contribution >= 0.6 is 0 Å². The van der Waals surface area contributed by atoms with E-state index >= 15 is 0 Å². The minimum Gasteiger partial charge on any atom is -0.390 e. The molecule has 0 amide bonds. The Morgan fingerprint density at radius 2 is 1.89 bits per heavy atom. The van der Waals surface area contributed by atoms with Gasteiger partial charge >= 0.3 is 8.80 Å². The number of nitrogens with one attached hydrogen (secondary N) is 1. The molecule has 0 saturated carbocycles. The Bertz CT molecular complexity index is 82.4. The Balaban J connectivity index is 3.59. The quantitative estimate of drug-likeness (QED) is 0.371. The smallest absolute Gasteiger partial charge is 0.390 e. The second kappa shape index (κ2) is 3.28. The van der Waals surface area contributed by atoms with Gasteiger partial charge in [0.15, 0.2) is 0 Å². The minimum absolute atomic E-state index is 0.426. The third kappa shape index (κ3) is 3.60. The van der Waals surface area contributed by atoms with Gasteiger partial charge in [-0.2, -0.15) is 0 Å². The average Bonchev–Trinajstić information content (AvgIpc) is 1.64. The third-order valence-electron chi connectivity index (χ3n) is 1.17. The fourth-order valence-electron chi connectivity index (χ4n) is 0.443. The van der Waals surface area contributed by atoms with Crippen molar-refractivity contribution in [3.05, 3.63) is 0 Å². The van der Waals surface area contributed by atoms with Crippen LogP contribution in [0.1, 0.15) is 6.92 Å². The van der Waals surface area contributed by atoms with E-state index in [1.807, 2.05) is 0 Å². The van der Waals surface area contributed by atoms with E-state index in [0.717, 1.165) is 0 Å². The van der Waals surface area contributed by atoms with Gasteiger partial charge in [0.1, 0.15) is 0 Å². The van der Waals surface area contributed by atoms with Crippen LogP contribution in [0.4, 0.5) is 0 Å². The van der Waals surface area contributed by atoms with E-state index in [1.165, 1.54) is 0 Å². The molecular weight excluding hydrogens is 138 g/mol. The van der Waals surface area contributed by atoms with Crippen LogP contribution in [0.3, 0.4) is 0 Å². The van der Waals surface area contributed by atoms with Crippen molar-refractivity contribution in [3.63, 3.8) is 0 Å². The van der Waals surface area contributed by atoms with Crippen LogP contribution in [-0.4, -0.2) is 36.8 Å². The summed E-state index contributed by atoms with van der Waals surface area (Å²) in [7, 11) is -2.15. The van der Waals surface area contributed by atoms with Crippen molar-refractivity contribution >= 4 is 8.80 Å². The molecule has 0 aliphatic rings. The van der Waals surface area contributed by atoms with Crippen molar-refractivity contribution in [1.82, 2.24) is 5.32 Å². The summed E-state index contributed by atoms with van der Waals surface area (Å²) in [5, 5.41) is 2.73. The van der Waals surface area contributed by atoms with Gasteiger partial charge in [-0.25, -0.2) is 0 Å². The molecule has 0 spiro atoms. The predicted molar refractivity (Wildman–Crippen MR) is 35.8 cm³/mol. The van der Waals surface area contributed by atoms with Crippen molar-refractivity contribution < 1.29 is 14.4 Å². The lowest BCUT2D eigenvalue weighted by atomic mass is 10.5. The molecule has 0 saturated heterocycles. The summed E-state index contributed by atoms with van der Waals surface area (Å²) in [5.74, 6) is 0. The first-order chi connectivity index (χ1) is 3.98. The largest absolute Gasteiger partial charge is 0.497 e. The molecule has 4 N–H and O–H groups in total. The van der Waals surface area contributed by atoms with Gasteiger partial charge < -0.3 is 19.7 Å². The highest BCUT2D eigenvalue weighted by atomic mass is 28.4. The molecule has 56 valence electrons. The summed E-state index contributed by atoms with van der Waals surface area (Å²) < 4.78 is 0. The molecule has 0 aromatic carbocycles. The highest BCUT2D eigenvalue weighted by Gasteiger charge is 2.34. The Labute approximate surface area is 55.5 Å². The van der Waals surface area contributed by atoms with Crippen molar-refractivity contribution in [1.29, 1.82) is 0 Å². The molecule has 0 aromatic rings. The predicted octanol–water partition coefficient (Wildman–Crippen LogP) is -1.49. The fourth-order valence-corrected chi connectivity index (χ4v) is 0.921. The maximum Gasteiger partial charge on any atom is 0.497 e. The first-order valence-corrected chi connectivity index (χ1v) is 4.72. The Morgan fingerprint density at radius 1 is 1.44 bits per heavy atom. The Morgan fingerprint density at radius 3 is 2.00 bits per heavy atom. The van der Waals surface area contributed by atoms with Gasteiger partial charge in [-0.1, -0.05) is 6.92 Å². The first-order valence-electron chi connectivity index (χ1n) is 2.80. The van der Waals surface area contributed by atoms with Crippen molar-refractivity contribution in [2.45, 2.75) is 12.5 Å². The molecule has 0 aliphatic heterocycles. The third-order valence-corrected chi connectivity index (χ3v) is 2.70. The van der Waals surface area contributed by atoms with Gasteiger partial charge in [-0.3, -0.25) is 0 Å². The molecular formula is C4H13NO3Si. The lowest BCUT2D eigenvalue weighted by Gasteiger charge is -2.16. The van der Waals surface area contributed by atoms with E-state index < -0.39 is 14.3 Å². The van der Waals surface area contributed by atoms with Crippen LogP contribution in [-0.2, 0) is 0 Å². The molecule has 0 fully saturated rings. The van der Waals surface area contributed by atoms with Gasteiger partial charge in [0.2, 0.25) is 0 Å². The molecule has 0 rings (SSSR count). The number of rotatable bonds is 3. The number of hydrogen-bond acceptors (Lipinski definition) is 4. The molecule has 0 aromatic heterocycles. The molecule has 1 unspecified atom stereocenters. The highest BCUT2D eigenvalue weighted by Crippen LogP contribution is 2.09. The van der Waals surface area contributed by atoms with Crippen LogP contribution in [0.5, 0.6) is 0 Å². The van der Waals surface area contributed by atoms with Gasteiger partial charge in [-0.05, 0) is 7.05 Å². The maximum atomic E-state index is 8.63. The van der Waals surface area contributed by atoms with Crippen LogP contribution < -0.4 is 5.32 Å². The molecule has 0 aliphatic carbocycles. The normalized spacial score (nSPS) is 15.7. The summed E-state index contributed by atoms with van der Waals surface area (Å²) in [6, 6.07) is 0. The zero-order valence-electron chi connectivity index (χ0n) is 5.63. The van der Waals surface area contributed by atoms with E-state index in [4.69, 9.17) is 14.4 Å². The van der Waals surface area contributed by atoms with Crippen molar-refractivity contribution in [2.75, 3.05) is 13.6 Å². The van der Waals surface area contributed by atoms with Crippen LogP contribution in [0.15, 0.2) is 0 Å². The van der Waals surface area contributed by atoms with Crippen molar-refractivity contribution in [3.8, 4) is 0 Å².